The smallest absolute Gasteiger partial charge is 0.258 e. The number of carbonyl (C=O) groups is 1. The lowest BCUT2D eigenvalue weighted by molar-refractivity contribution is 0.102. The summed E-state index contributed by atoms with van der Waals surface area (Å²) in [5.41, 5.74) is 0.536. The number of aromatic nitrogens is 4. The predicted molar refractivity (Wildman–Crippen MR) is 82.9 cm³/mol. The number of ether oxygens (including phenoxy) is 1. The molecule has 7 heteroatoms. The van der Waals surface area contributed by atoms with Crippen LogP contribution in [-0.4, -0.2) is 32.7 Å². The van der Waals surface area contributed by atoms with E-state index in [2.05, 4.69) is 27.8 Å². The third kappa shape index (κ3) is 4.28. The van der Waals surface area contributed by atoms with Gasteiger partial charge < -0.3 is 4.74 Å². The Kier molecular flexibility index (Phi) is 5.88. The molecule has 0 atom stereocenters. The van der Waals surface area contributed by atoms with Crippen LogP contribution in [-0.2, 0) is 6.54 Å². The second kappa shape index (κ2) is 8.11. The number of rotatable bonds is 8. The van der Waals surface area contributed by atoms with Crippen LogP contribution in [0.3, 0.4) is 0 Å². The Morgan fingerprint density at radius 3 is 2.68 bits per heavy atom. The largest absolute Gasteiger partial charge is 0.494 e. The first kappa shape index (κ1) is 15.9. The second-order valence-corrected chi connectivity index (χ2v) is 4.91. The van der Waals surface area contributed by atoms with Crippen LogP contribution in [0.5, 0.6) is 5.75 Å². The Balaban J connectivity index is 1.96. The molecule has 1 aromatic heterocycles. The summed E-state index contributed by atoms with van der Waals surface area (Å²) in [6.07, 6.45) is 2.99. The zero-order valence-electron chi connectivity index (χ0n) is 13.0. The van der Waals surface area contributed by atoms with Crippen molar-refractivity contribution in [3.8, 4) is 5.75 Å². The first-order chi connectivity index (χ1) is 10.7. The van der Waals surface area contributed by atoms with E-state index in [0.29, 0.717) is 24.7 Å². The van der Waals surface area contributed by atoms with Crippen LogP contribution in [0.4, 0.5) is 5.95 Å². The van der Waals surface area contributed by atoms with Crippen molar-refractivity contribution in [1.82, 2.24) is 20.2 Å². The molecular weight excluding hydrogens is 282 g/mol. The highest BCUT2D eigenvalue weighted by Crippen LogP contribution is 2.14. The highest BCUT2D eigenvalue weighted by atomic mass is 16.5. The van der Waals surface area contributed by atoms with Gasteiger partial charge >= 0.3 is 0 Å². The quantitative estimate of drug-likeness (QED) is 0.758. The number of unbranched alkanes of at least 4 members (excludes halogenated alkanes) is 1. The van der Waals surface area contributed by atoms with Gasteiger partial charge in [-0.05, 0) is 47.5 Å². The Hall–Kier alpha value is -2.44. The number of hydrogen-bond acceptors (Lipinski definition) is 5. The summed E-state index contributed by atoms with van der Waals surface area (Å²) in [7, 11) is 0. The number of carbonyl (C=O) groups excluding carboxylic acids is 1. The molecule has 0 saturated heterocycles. The lowest BCUT2D eigenvalue weighted by Crippen LogP contribution is -2.16. The minimum absolute atomic E-state index is 0.243. The topological polar surface area (TPSA) is 81.9 Å². The summed E-state index contributed by atoms with van der Waals surface area (Å²) in [5.74, 6) is 0.878. The summed E-state index contributed by atoms with van der Waals surface area (Å²) in [6, 6.07) is 7.04. The van der Waals surface area contributed by atoms with E-state index in [1.54, 1.807) is 28.9 Å². The van der Waals surface area contributed by atoms with E-state index >= 15 is 0 Å². The van der Waals surface area contributed by atoms with E-state index in [4.69, 9.17) is 4.74 Å². The average Bonchev–Trinajstić information content (AvgIpc) is 2.96. The Morgan fingerprint density at radius 1 is 1.23 bits per heavy atom. The lowest BCUT2D eigenvalue weighted by atomic mass is 10.2. The normalized spacial score (nSPS) is 10.5. The van der Waals surface area contributed by atoms with Crippen molar-refractivity contribution in [1.29, 1.82) is 0 Å². The monoisotopic (exact) mass is 303 g/mol. The molecule has 1 aromatic carbocycles. The molecule has 0 saturated carbocycles. The van der Waals surface area contributed by atoms with E-state index in [0.717, 1.165) is 25.0 Å². The number of amides is 1. The van der Waals surface area contributed by atoms with Crippen molar-refractivity contribution in [2.45, 2.75) is 39.7 Å². The van der Waals surface area contributed by atoms with Crippen LogP contribution in [0.2, 0.25) is 0 Å². The summed E-state index contributed by atoms with van der Waals surface area (Å²) in [5, 5.41) is 13.9. The fourth-order valence-electron chi connectivity index (χ4n) is 1.87. The van der Waals surface area contributed by atoms with Crippen molar-refractivity contribution in [3.05, 3.63) is 29.8 Å². The Bertz CT molecular complexity index is 594. The highest BCUT2D eigenvalue weighted by molar-refractivity contribution is 6.03. The van der Waals surface area contributed by atoms with Crippen LogP contribution in [0, 0.1) is 0 Å². The maximum absolute atomic E-state index is 12.2. The maximum Gasteiger partial charge on any atom is 0.258 e. The maximum atomic E-state index is 12.2. The number of benzene rings is 1. The molecule has 118 valence electrons. The van der Waals surface area contributed by atoms with Crippen molar-refractivity contribution in [2.75, 3.05) is 11.9 Å². The van der Waals surface area contributed by atoms with Crippen LogP contribution in [0.1, 0.15) is 43.5 Å². The minimum Gasteiger partial charge on any atom is -0.494 e. The lowest BCUT2D eigenvalue weighted by Gasteiger charge is -2.07. The Morgan fingerprint density at radius 2 is 2.00 bits per heavy atom. The molecule has 1 amide bonds. The zero-order chi connectivity index (χ0) is 15.8. The van der Waals surface area contributed by atoms with E-state index in [1.807, 2.05) is 6.92 Å². The van der Waals surface area contributed by atoms with Crippen LogP contribution in [0.25, 0.3) is 0 Å². The number of anilines is 1. The van der Waals surface area contributed by atoms with Gasteiger partial charge in [-0.1, -0.05) is 25.4 Å². The zero-order valence-corrected chi connectivity index (χ0v) is 13.0. The highest BCUT2D eigenvalue weighted by Gasteiger charge is 2.11. The van der Waals surface area contributed by atoms with Crippen molar-refractivity contribution in [2.24, 2.45) is 0 Å². The molecule has 0 spiro atoms. The van der Waals surface area contributed by atoms with Gasteiger partial charge in [-0.2, -0.15) is 0 Å². The van der Waals surface area contributed by atoms with E-state index in [-0.39, 0.29) is 5.91 Å². The number of hydrogen-bond donors (Lipinski definition) is 1. The first-order valence-electron chi connectivity index (χ1n) is 7.55. The molecule has 22 heavy (non-hydrogen) atoms. The van der Waals surface area contributed by atoms with Crippen molar-refractivity contribution in [3.63, 3.8) is 0 Å². The first-order valence-corrected chi connectivity index (χ1v) is 7.55. The van der Waals surface area contributed by atoms with Crippen LogP contribution in [0.15, 0.2) is 24.3 Å². The molecule has 0 fully saturated rings. The molecule has 2 aromatic rings. The summed E-state index contributed by atoms with van der Waals surface area (Å²) in [6.45, 7) is 5.48. The van der Waals surface area contributed by atoms with Crippen LogP contribution >= 0.6 is 0 Å². The summed E-state index contributed by atoms with van der Waals surface area (Å²) < 4.78 is 7.14. The van der Waals surface area contributed by atoms with Gasteiger partial charge in [-0.15, -0.1) is 0 Å². The standard InChI is InChI=1S/C15H21N5O2/c1-3-5-11-22-13-8-6-12(7-9-13)14(21)16-15-17-18-19-20(15)10-4-2/h6-9H,3-5,10-11H2,1-2H3,(H,16,17,19,21). The van der Waals surface area contributed by atoms with Crippen molar-refractivity contribution >= 4 is 11.9 Å². The second-order valence-electron chi connectivity index (χ2n) is 4.91. The number of nitrogens with one attached hydrogen (secondary N) is 1. The third-order valence-corrected chi connectivity index (χ3v) is 3.08. The molecule has 1 heterocycles. The van der Waals surface area contributed by atoms with Gasteiger partial charge in [0, 0.05) is 12.1 Å². The van der Waals surface area contributed by atoms with Crippen LogP contribution < -0.4 is 10.1 Å². The molecule has 0 aliphatic carbocycles. The predicted octanol–water partition coefficient (Wildman–Crippen LogP) is 2.51. The molecule has 0 bridgehead atoms. The summed E-state index contributed by atoms with van der Waals surface area (Å²) in [4.78, 5) is 12.2. The summed E-state index contributed by atoms with van der Waals surface area (Å²) >= 11 is 0. The van der Waals surface area contributed by atoms with Gasteiger partial charge in [0.25, 0.3) is 5.91 Å². The fourth-order valence-corrected chi connectivity index (χ4v) is 1.87. The van der Waals surface area contributed by atoms with Gasteiger partial charge in [0.2, 0.25) is 5.95 Å². The molecule has 0 radical (unpaired) electrons. The molecule has 1 N–H and O–H groups in total. The van der Waals surface area contributed by atoms with Gasteiger partial charge in [-0.25, -0.2) is 4.68 Å². The molecule has 0 unspecified atom stereocenters. The molecule has 0 aliphatic heterocycles. The van der Waals surface area contributed by atoms with Gasteiger partial charge in [-0.3, -0.25) is 10.1 Å². The van der Waals surface area contributed by atoms with Gasteiger partial charge in [0.15, 0.2) is 0 Å². The number of aryl methyl sites for hydroxylation is 1. The average molecular weight is 303 g/mol. The number of tetrazole rings is 1. The fraction of sp³-hybridized carbons (Fsp3) is 0.467. The molecule has 7 nitrogen and oxygen atoms in total. The minimum atomic E-state index is -0.243. The number of nitrogens with zero attached hydrogens (tertiary/aromatic N) is 4. The van der Waals surface area contributed by atoms with E-state index in [9.17, 15) is 4.79 Å². The molecule has 0 aliphatic rings. The molecular formula is C15H21N5O2. The van der Waals surface area contributed by atoms with Gasteiger partial charge in [0.05, 0.1) is 6.61 Å². The Labute approximate surface area is 129 Å². The SMILES string of the molecule is CCCCOc1ccc(C(=O)Nc2nnnn2CCC)cc1. The van der Waals surface area contributed by atoms with E-state index < -0.39 is 0 Å². The van der Waals surface area contributed by atoms with Crippen molar-refractivity contribution < 1.29 is 9.53 Å². The third-order valence-electron chi connectivity index (χ3n) is 3.08. The van der Waals surface area contributed by atoms with E-state index in [1.165, 1.54) is 0 Å². The van der Waals surface area contributed by atoms with Gasteiger partial charge in [0.1, 0.15) is 5.75 Å². The molecule has 2 rings (SSSR count).